The number of nitrogens with zero attached hydrogens (tertiary/aromatic N) is 1. The monoisotopic (exact) mass is 265 g/mol. The SMILES string of the molecule is C#CCOC(=O)CCCCCN(C=O)C(=O)/C=C\C. The van der Waals surface area contributed by atoms with Gasteiger partial charge in [-0.15, -0.1) is 6.42 Å². The highest BCUT2D eigenvalue weighted by atomic mass is 16.5. The number of rotatable bonds is 9. The topological polar surface area (TPSA) is 63.7 Å². The molecule has 0 aromatic rings. The summed E-state index contributed by atoms with van der Waals surface area (Å²) in [6.07, 6.45) is 10.7. The van der Waals surface area contributed by atoms with Gasteiger partial charge in [-0.1, -0.05) is 18.4 Å². The van der Waals surface area contributed by atoms with Crippen molar-refractivity contribution in [3.63, 3.8) is 0 Å². The number of carbonyl (C=O) groups excluding carboxylic acids is 3. The first kappa shape index (κ1) is 16.9. The zero-order valence-corrected chi connectivity index (χ0v) is 11.1. The number of unbranched alkanes of at least 4 members (excludes halogenated alkanes) is 2. The fourth-order valence-electron chi connectivity index (χ4n) is 1.38. The fourth-order valence-corrected chi connectivity index (χ4v) is 1.38. The molecule has 0 fully saturated rings. The summed E-state index contributed by atoms with van der Waals surface area (Å²) in [4.78, 5) is 34.3. The number of allylic oxidation sites excluding steroid dienone is 1. The molecular formula is C14H19NO4. The highest BCUT2D eigenvalue weighted by Gasteiger charge is 2.08. The Morgan fingerprint density at radius 1 is 1.32 bits per heavy atom. The molecule has 0 unspecified atom stereocenters. The van der Waals surface area contributed by atoms with Crippen LogP contribution in [0.5, 0.6) is 0 Å². The van der Waals surface area contributed by atoms with Crippen molar-refractivity contribution in [3.05, 3.63) is 12.2 Å². The van der Waals surface area contributed by atoms with Crippen LogP contribution in [0.2, 0.25) is 0 Å². The van der Waals surface area contributed by atoms with Crippen molar-refractivity contribution in [2.24, 2.45) is 0 Å². The van der Waals surface area contributed by atoms with Crippen molar-refractivity contribution in [2.45, 2.75) is 32.6 Å². The summed E-state index contributed by atoms with van der Waals surface area (Å²) < 4.78 is 4.71. The quantitative estimate of drug-likeness (QED) is 0.207. The zero-order valence-electron chi connectivity index (χ0n) is 11.1. The minimum atomic E-state index is -0.328. The van der Waals surface area contributed by atoms with Crippen molar-refractivity contribution in [2.75, 3.05) is 13.2 Å². The van der Waals surface area contributed by atoms with E-state index in [1.54, 1.807) is 13.0 Å². The van der Waals surface area contributed by atoms with Crippen LogP contribution in [0.1, 0.15) is 32.6 Å². The van der Waals surface area contributed by atoms with Crippen LogP contribution in [0.25, 0.3) is 0 Å². The highest BCUT2D eigenvalue weighted by molar-refractivity contribution is 5.94. The molecule has 0 aliphatic heterocycles. The summed E-state index contributed by atoms with van der Waals surface area (Å²) in [5.74, 6) is 1.56. The van der Waals surface area contributed by atoms with Crippen LogP contribution in [0.4, 0.5) is 0 Å². The first-order valence-corrected chi connectivity index (χ1v) is 6.13. The van der Waals surface area contributed by atoms with Crippen molar-refractivity contribution in [3.8, 4) is 12.3 Å². The molecule has 0 spiro atoms. The van der Waals surface area contributed by atoms with Gasteiger partial charge in [0.2, 0.25) is 6.41 Å². The summed E-state index contributed by atoms with van der Waals surface area (Å²) in [7, 11) is 0. The Morgan fingerprint density at radius 3 is 2.63 bits per heavy atom. The molecule has 5 heteroatoms. The molecule has 0 radical (unpaired) electrons. The van der Waals surface area contributed by atoms with E-state index >= 15 is 0 Å². The van der Waals surface area contributed by atoms with E-state index < -0.39 is 0 Å². The van der Waals surface area contributed by atoms with Gasteiger partial charge in [-0.2, -0.15) is 0 Å². The lowest BCUT2D eigenvalue weighted by atomic mass is 10.2. The number of terminal acetylenes is 1. The summed E-state index contributed by atoms with van der Waals surface area (Å²) in [6.45, 7) is 2.06. The van der Waals surface area contributed by atoms with E-state index in [0.717, 1.165) is 11.3 Å². The van der Waals surface area contributed by atoms with E-state index in [-0.39, 0.29) is 18.5 Å². The second kappa shape index (κ2) is 11.0. The molecular weight excluding hydrogens is 246 g/mol. The maximum atomic E-state index is 11.4. The molecule has 0 aliphatic rings. The molecule has 0 aromatic heterocycles. The number of hydrogen-bond donors (Lipinski definition) is 0. The number of amides is 2. The number of hydrogen-bond acceptors (Lipinski definition) is 4. The molecule has 0 heterocycles. The van der Waals surface area contributed by atoms with Gasteiger partial charge in [0.15, 0.2) is 6.61 Å². The second-order valence-electron chi connectivity index (χ2n) is 3.81. The van der Waals surface area contributed by atoms with Gasteiger partial charge < -0.3 is 4.74 Å². The van der Waals surface area contributed by atoms with Crippen LogP contribution < -0.4 is 0 Å². The average Bonchev–Trinajstić information content (AvgIpc) is 2.40. The van der Waals surface area contributed by atoms with Crippen LogP contribution in [0.3, 0.4) is 0 Å². The Bertz CT molecular complexity index is 368. The van der Waals surface area contributed by atoms with Crippen molar-refractivity contribution >= 4 is 18.3 Å². The Kier molecular flexibility index (Phi) is 9.81. The molecule has 0 bridgehead atoms. The second-order valence-corrected chi connectivity index (χ2v) is 3.81. The minimum absolute atomic E-state index is 0.00436. The van der Waals surface area contributed by atoms with Crippen LogP contribution >= 0.6 is 0 Å². The first-order valence-electron chi connectivity index (χ1n) is 6.13. The highest BCUT2D eigenvalue weighted by Crippen LogP contribution is 2.03. The predicted octanol–water partition coefficient (Wildman–Crippen LogP) is 1.28. The lowest BCUT2D eigenvalue weighted by Crippen LogP contribution is -2.28. The first-order chi connectivity index (χ1) is 9.15. The molecule has 19 heavy (non-hydrogen) atoms. The van der Waals surface area contributed by atoms with Crippen molar-refractivity contribution in [1.82, 2.24) is 4.90 Å². The predicted molar refractivity (Wildman–Crippen MR) is 70.9 cm³/mol. The number of imide groups is 1. The Morgan fingerprint density at radius 2 is 2.05 bits per heavy atom. The lowest BCUT2D eigenvalue weighted by molar-refractivity contribution is -0.142. The third kappa shape index (κ3) is 8.61. The van der Waals surface area contributed by atoms with E-state index in [4.69, 9.17) is 11.2 Å². The maximum Gasteiger partial charge on any atom is 0.306 e. The fraction of sp³-hybridized carbons (Fsp3) is 0.500. The Hall–Kier alpha value is -2.09. The van der Waals surface area contributed by atoms with Gasteiger partial charge in [0, 0.05) is 13.0 Å². The van der Waals surface area contributed by atoms with Gasteiger partial charge in [0.1, 0.15) is 0 Å². The summed E-state index contributed by atoms with van der Waals surface area (Å²) in [5, 5.41) is 0. The third-order valence-corrected chi connectivity index (χ3v) is 2.32. The molecule has 5 nitrogen and oxygen atoms in total. The van der Waals surface area contributed by atoms with Crippen molar-refractivity contribution in [1.29, 1.82) is 0 Å². The van der Waals surface area contributed by atoms with E-state index in [1.807, 2.05) is 0 Å². The van der Waals surface area contributed by atoms with E-state index in [0.29, 0.717) is 32.2 Å². The number of carbonyl (C=O) groups is 3. The van der Waals surface area contributed by atoms with Crippen LogP contribution in [-0.2, 0) is 19.1 Å². The minimum Gasteiger partial charge on any atom is -0.452 e. The molecule has 0 aromatic carbocycles. The largest absolute Gasteiger partial charge is 0.452 e. The van der Waals surface area contributed by atoms with Gasteiger partial charge in [0.25, 0.3) is 5.91 Å². The third-order valence-electron chi connectivity index (χ3n) is 2.32. The smallest absolute Gasteiger partial charge is 0.306 e. The normalized spacial score (nSPS) is 9.89. The van der Waals surface area contributed by atoms with Gasteiger partial charge >= 0.3 is 5.97 Å². The summed E-state index contributed by atoms with van der Waals surface area (Å²) in [6, 6.07) is 0. The van der Waals surface area contributed by atoms with Gasteiger partial charge in [-0.3, -0.25) is 19.3 Å². The van der Waals surface area contributed by atoms with Crippen molar-refractivity contribution < 1.29 is 19.1 Å². The van der Waals surface area contributed by atoms with Gasteiger partial charge in [-0.05, 0) is 25.8 Å². The van der Waals surface area contributed by atoms with Crippen LogP contribution in [-0.4, -0.2) is 36.3 Å². The molecule has 2 amide bonds. The van der Waals surface area contributed by atoms with E-state index in [1.165, 1.54) is 6.08 Å². The summed E-state index contributed by atoms with van der Waals surface area (Å²) in [5.41, 5.74) is 0. The molecule has 0 atom stereocenters. The Balaban J connectivity index is 3.73. The number of ether oxygens (including phenoxy) is 1. The Labute approximate surface area is 113 Å². The molecule has 0 N–H and O–H groups in total. The molecule has 104 valence electrons. The standard InChI is InChI=1S/C14H19NO4/c1-3-8-13(17)15(12-16)10-7-5-6-9-14(18)19-11-4-2/h2-3,8,12H,5-7,9-11H2,1H3/b8-3-. The average molecular weight is 265 g/mol. The molecule has 0 rings (SSSR count). The van der Waals surface area contributed by atoms with Gasteiger partial charge in [-0.25, -0.2) is 0 Å². The summed E-state index contributed by atoms with van der Waals surface area (Å²) >= 11 is 0. The van der Waals surface area contributed by atoms with E-state index in [2.05, 4.69) is 5.92 Å². The maximum absolute atomic E-state index is 11.4. The molecule has 0 saturated carbocycles. The van der Waals surface area contributed by atoms with Crippen LogP contribution in [0, 0.1) is 12.3 Å². The number of esters is 1. The molecule has 0 saturated heterocycles. The zero-order chi connectivity index (χ0) is 14.5. The van der Waals surface area contributed by atoms with Gasteiger partial charge in [0.05, 0.1) is 0 Å². The van der Waals surface area contributed by atoms with E-state index in [9.17, 15) is 14.4 Å². The molecule has 0 aliphatic carbocycles. The van der Waals surface area contributed by atoms with Crippen LogP contribution in [0.15, 0.2) is 12.2 Å². The lowest BCUT2D eigenvalue weighted by Gasteiger charge is -2.12.